The molecule has 0 aliphatic carbocycles. The van der Waals surface area contributed by atoms with E-state index >= 15 is 4.21 Å². The monoisotopic (exact) mass is 1620 g/mol. The summed E-state index contributed by atoms with van der Waals surface area (Å²) in [5, 5.41) is 62.8. The number of primary amides is 2. The van der Waals surface area contributed by atoms with Gasteiger partial charge in [-0.2, -0.15) is 0 Å². The third kappa shape index (κ3) is 26.8. The van der Waals surface area contributed by atoms with Crippen LogP contribution in [0.15, 0.2) is 59.6 Å². The zero-order valence-electron chi connectivity index (χ0n) is 64.2. The molecule has 20 N–H and O–H groups in total. The lowest BCUT2D eigenvalue weighted by atomic mass is 9.93. The summed E-state index contributed by atoms with van der Waals surface area (Å²) < 4.78 is 26.7. The van der Waals surface area contributed by atoms with Gasteiger partial charge in [-0.3, -0.25) is 76.2 Å². The van der Waals surface area contributed by atoms with Crippen molar-refractivity contribution >= 4 is 122 Å². The van der Waals surface area contributed by atoms with E-state index in [9.17, 15) is 92.0 Å². The molecule has 0 radical (unpaired) electrons. The molecule has 1 fully saturated rings. The number of aliphatic hydroxyl groups excluding tert-OH is 3. The number of aromatic amines is 1. The number of nitrogens with one attached hydrogen (secondary N) is 13. The van der Waals surface area contributed by atoms with Crippen LogP contribution in [-0.2, 0) is 95.7 Å². The first-order chi connectivity index (χ1) is 54.2. The summed E-state index contributed by atoms with van der Waals surface area (Å²) in [6, 6.07) is -2.11. The number of urea groups is 1. The van der Waals surface area contributed by atoms with E-state index in [1.165, 1.54) is 19.1 Å². The maximum atomic E-state index is 15.2. The highest BCUT2D eigenvalue weighted by Crippen LogP contribution is 2.31. The molecule has 0 spiro atoms. The highest BCUT2D eigenvalue weighted by molar-refractivity contribution is 7.85. The smallest absolute Gasteiger partial charge is 0.407 e. The molecule has 40 heteroatoms. The number of benzene rings is 2. The molecule has 2 aromatic carbocycles. The Morgan fingerprint density at radius 1 is 0.711 bits per heavy atom. The number of carbonyl (C=O) groups is 16. The van der Waals surface area contributed by atoms with Gasteiger partial charge in [-0.15, -0.1) is 0 Å². The molecule has 7 rings (SSSR count). The molecule has 1 saturated heterocycles. The zero-order valence-corrected chi connectivity index (χ0v) is 65.0. The van der Waals surface area contributed by atoms with E-state index in [1.807, 2.05) is 0 Å². The number of carbonyl (C=O) groups excluding carboxylic acids is 16. The van der Waals surface area contributed by atoms with E-state index in [2.05, 4.69) is 68.8 Å². The van der Waals surface area contributed by atoms with Gasteiger partial charge in [0.1, 0.15) is 65.7 Å². The van der Waals surface area contributed by atoms with Crippen LogP contribution in [-0.4, -0.2) is 248 Å². The molecule has 13 atom stereocenters. The van der Waals surface area contributed by atoms with Gasteiger partial charge in [0.25, 0.3) is 11.8 Å². The van der Waals surface area contributed by atoms with Gasteiger partial charge in [-0.1, -0.05) is 72.4 Å². The van der Waals surface area contributed by atoms with Crippen molar-refractivity contribution in [3.8, 4) is 5.75 Å². The number of nitrogens with zero attached hydrogens (tertiary/aromatic N) is 2. The van der Waals surface area contributed by atoms with Gasteiger partial charge in [-0.05, 0) is 85.8 Å². The topological polar surface area (TPSA) is 588 Å². The van der Waals surface area contributed by atoms with E-state index in [0.717, 1.165) is 9.80 Å². The number of rotatable bonds is 33. The third-order valence-corrected chi connectivity index (χ3v) is 21.2. The average Bonchev–Trinajstić information content (AvgIpc) is 1.62. The molecule has 5 heterocycles. The summed E-state index contributed by atoms with van der Waals surface area (Å²) in [5.41, 5.74) is 12.0. The summed E-state index contributed by atoms with van der Waals surface area (Å²) in [7, 11) is -2.46. The van der Waals surface area contributed by atoms with E-state index in [4.69, 9.17) is 20.9 Å². The summed E-state index contributed by atoms with van der Waals surface area (Å²) in [6.45, 7) is 5.67. The average molecular weight is 1620 g/mol. The van der Waals surface area contributed by atoms with Gasteiger partial charge in [-0.25, -0.2) is 9.59 Å². The van der Waals surface area contributed by atoms with Crippen LogP contribution in [0.5, 0.6) is 5.75 Å². The standard InChI is InChI=1S/C74H105N17O22S/c1-6-40(4)62-68(105)80-33-57(97)82-52-38-114(111)71-47(31-50(64(101)79-34-58(98)88-62)84-70(107)63(41(5)54(94)36-92)89-67(104)53-29-44(93)35-91(53)72(108)51(32-55(75)95)85-66(52)103)46-22-21-45(30-49(46)86-71)112-28-13-8-7-11-25-78-74(110)113-37-42-17-19-43(20-18-42)81-65(102)48(15-14-26-77-73(76)109)83-69(106)61(39(2)3)87-56(96)16-10-9-12-27-90-59(99)23-24-60(90)100/h17-24,30,39-41,44,48,50-54,61-63,86,92-94H,6-16,25-29,31-38H2,1-5H3,(H2,75,95)(H,78,110)(H,79,101)(H,80,105)(H,81,102)(H,82,97)(H,83,106)(H,84,107)(H,85,103)(H,87,96)(H,88,98)(H,89,104)(H3,76,77,109)/t40-,41-,44+,48+,50-,51-,52-,53-,54-,61+,62-,63-,114+/m0/s1. The van der Waals surface area contributed by atoms with Crippen molar-refractivity contribution in [1.29, 1.82) is 0 Å². The summed E-state index contributed by atoms with van der Waals surface area (Å²) >= 11 is 0. The third-order valence-electron chi connectivity index (χ3n) is 19.8. The van der Waals surface area contributed by atoms with Crippen molar-refractivity contribution in [2.24, 2.45) is 29.2 Å². The second kappa shape index (κ2) is 43.8. The Labute approximate surface area is 659 Å². The van der Waals surface area contributed by atoms with Crippen LogP contribution in [0.25, 0.3) is 10.9 Å². The van der Waals surface area contributed by atoms with Crippen molar-refractivity contribution in [1.82, 2.24) is 73.3 Å². The normalized spacial score (nSPS) is 22.0. The molecule has 39 nitrogen and oxygen atoms in total. The molecule has 1 aromatic heterocycles. The zero-order chi connectivity index (χ0) is 83.5. The lowest BCUT2D eigenvalue weighted by Gasteiger charge is -2.32. The molecule has 114 heavy (non-hydrogen) atoms. The predicted molar refractivity (Wildman–Crippen MR) is 408 cm³/mol. The van der Waals surface area contributed by atoms with Gasteiger partial charge in [0.2, 0.25) is 70.9 Å². The number of aromatic nitrogens is 1. The van der Waals surface area contributed by atoms with Crippen LogP contribution in [0.1, 0.15) is 129 Å². The van der Waals surface area contributed by atoms with Gasteiger partial charge >= 0.3 is 12.1 Å². The molecule has 4 aliphatic heterocycles. The van der Waals surface area contributed by atoms with E-state index in [0.29, 0.717) is 68.4 Å². The summed E-state index contributed by atoms with van der Waals surface area (Å²) in [6.07, 6.45) is 1.26. The molecule has 17 amide bonds. The summed E-state index contributed by atoms with van der Waals surface area (Å²) in [4.78, 5) is 220. The van der Waals surface area contributed by atoms with Crippen LogP contribution >= 0.6 is 0 Å². The molecule has 0 unspecified atom stereocenters. The number of amides is 17. The number of ether oxygens (including phenoxy) is 2. The second-order valence-corrected chi connectivity index (χ2v) is 30.3. The quantitative estimate of drug-likeness (QED) is 0.0210. The number of imide groups is 1. The molecule has 0 saturated carbocycles. The Kier molecular flexibility index (Phi) is 34.6. The maximum absolute atomic E-state index is 15.2. The van der Waals surface area contributed by atoms with Crippen molar-refractivity contribution in [3.63, 3.8) is 0 Å². The van der Waals surface area contributed by atoms with Gasteiger partial charge in [0.15, 0.2) is 0 Å². The fraction of sp³-hybridized carbons (Fsp3) is 0.568. The number of nitrogens with two attached hydrogens (primary N) is 2. The number of fused-ring (bicyclic) bond motifs is 5. The highest BCUT2D eigenvalue weighted by atomic mass is 32.2. The van der Waals surface area contributed by atoms with Crippen LogP contribution in [0.2, 0.25) is 0 Å². The fourth-order valence-electron chi connectivity index (χ4n) is 13.1. The summed E-state index contributed by atoms with van der Waals surface area (Å²) in [5.74, 6) is -14.7. The first-order valence-corrected chi connectivity index (χ1v) is 39.3. The van der Waals surface area contributed by atoms with Crippen LogP contribution < -0.4 is 80.0 Å². The number of anilines is 1. The number of hydrogen-bond acceptors (Lipinski definition) is 22. The predicted octanol–water partition coefficient (Wildman–Crippen LogP) is -3.26. The number of aliphatic hydroxyl groups is 3. The molecule has 4 aliphatic rings. The number of hydrogen-bond donors (Lipinski definition) is 18. The van der Waals surface area contributed by atoms with Crippen molar-refractivity contribution in [2.45, 2.75) is 197 Å². The first-order valence-electron chi connectivity index (χ1n) is 38.0. The fourth-order valence-corrected chi connectivity index (χ4v) is 14.5. The molecular formula is C74H105N17O22S. The second-order valence-electron chi connectivity index (χ2n) is 28.8. The number of unbranched alkanes of at least 4 members (excludes halogenated alkanes) is 5. The number of H-pyrrole nitrogens is 1. The molecule has 3 aromatic rings. The Balaban J connectivity index is 0.990. The minimum absolute atomic E-state index is 0.0732. The molecule has 624 valence electrons. The van der Waals surface area contributed by atoms with Crippen molar-refractivity contribution in [3.05, 3.63) is 65.7 Å². The van der Waals surface area contributed by atoms with Gasteiger partial charge in [0, 0.05) is 80.7 Å². The first kappa shape index (κ1) is 90.1. The SMILES string of the molecule is CC[C@H](C)[C@@H]1NC(=O)CNC(=O)[C@@H]2Cc3c([nH]c4cc(OCCCCCCNC(=O)OCc5ccc(NC(=O)[C@@H](CCCNC(N)=O)NC(=O)[C@H](NC(=O)CCCCCN6C(=O)C=CC6=O)C(C)C)cc5)ccc34)[S@](=O)C[C@H](NC(=O)CNC1=O)C(=O)N[C@@H](CC(N)=O)C(=O)N1C[C@H](O)C[C@H]1C(=O)N[C@@H]([C@@H](C)[C@@H](O)CO)C(=O)N2. The Hall–Kier alpha value is -11.1. The van der Waals surface area contributed by atoms with Crippen molar-refractivity contribution < 1.29 is 106 Å². The molecular weight excluding hydrogens is 1510 g/mol. The van der Waals surface area contributed by atoms with Gasteiger partial charge in [0.05, 0.1) is 67.0 Å². The Morgan fingerprint density at radius 3 is 2.06 bits per heavy atom. The Bertz CT molecular complexity index is 4050. The van der Waals surface area contributed by atoms with E-state index < -0.39 is 217 Å². The Morgan fingerprint density at radius 2 is 1.39 bits per heavy atom. The van der Waals surface area contributed by atoms with E-state index in [1.54, 1.807) is 70.2 Å². The number of alkyl carbamates (subject to hydrolysis) is 1. The maximum Gasteiger partial charge on any atom is 0.407 e. The van der Waals surface area contributed by atoms with E-state index in [-0.39, 0.29) is 91.3 Å². The van der Waals surface area contributed by atoms with Crippen LogP contribution in [0, 0.1) is 17.8 Å². The van der Waals surface area contributed by atoms with Gasteiger partial charge < -0.3 is 110 Å². The lowest BCUT2D eigenvalue weighted by Crippen LogP contribution is -2.62. The minimum atomic E-state index is -2.46. The largest absolute Gasteiger partial charge is 0.494 e. The highest BCUT2D eigenvalue weighted by Gasteiger charge is 2.46. The molecule has 2 bridgehead atoms. The van der Waals surface area contributed by atoms with Crippen LogP contribution in [0.3, 0.4) is 0 Å². The van der Waals surface area contributed by atoms with Crippen molar-refractivity contribution in [2.75, 3.05) is 63.6 Å². The minimum Gasteiger partial charge on any atom is -0.494 e. The van der Waals surface area contributed by atoms with Crippen LogP contribution in [0.4, 0.5) is 15.3 Å². The lowest BCUT2D eigenvalue weighted by molar-refractivity contribution is -0.144.